The third-order valence-electron chi connectivity index (χ3n) is 4.99. The highest BCUT2D eigenvalue weighted by Gasteiger charge is 2.44. The van der Waals surface area contributed by atoms with Crippen LogP contribution >= 0.6 is 35.0 Å². The number of benzene rings is 1. The summed E-state index contributed by atoms with van der Waals surface area (Å²) in [5.41, 5.74) is 0.554. The van der Waals surface area contributed by atoms with Crippen molar-refractivity contribution in [3.05, 3.63) is 33.8 Å². The van der Waals surface area contributed by atoms with Gasteiger partial charge >= 0.3 is 0 Å². The lowest BCUT2D eigenvalue weighted by atomic mass is 10.0. The number of thioether (sulfide) groups is 1. The second-order valence-electron chi connectivity index (χ2n) is 7.56. The minimum atomic E-state index is -0.161. The first-order valence-corrected chi connectivity index (χ1v) is 11.0. The Bertz CT molecular complexity index is 721. The SMILES string of the molecule is CC(C)CNC(=O)C1CSC2(CCN(C(=O)c3ccc(Cl)c(Cl)c3)CC2)N1. The molecule has 0 radical (unpaired) electrons. The normalized spacial score (nSPS) is 21.7. The van der Waals surface area contributed by atoms with Crippen LogP contribution < -0.4 is 10.6 Å². The van der Waals surface area contributed by atoms with Crippen molar-refractivity contribution in [2.75, 3.05) is 25.4 Å². The van der Waals surface area contributed by atoms with E-state index in [-0.39, 0.29) is 22.7 Å². The van der Waals surface area contributed by atoms with Crippen molar-refractivity contribution in [2.45, 2.75) is 37.6 Å². The van der Waals surface area contributed by atoms with Gasteiger partial charge in [-0.3, -0.25) is 14.9 Å². The first-order valence-electron chi connectivity index (χ1n) is 9.23. The van der Waals surface area contributed by atoms with E-state index in [1.54, 1.807) is 30.0 Å². The zero-order chi connectivity index (χ0) is 19.6. The number of piperidine rings is 1. The fraction of sp³-hybridized carbons (Fsp3) is 0.579. The van der Waals surface area contributed by atoms with Gasteiger partial charge in [-0.05, 0) is 37.0 Å². The van der Waals surface area contributed by atoms with Crippen molar-refractivity contribution < 1.29 is 9.59 Å². The molecule has 1 unspecified atom stereocenters. The van der Waals surface area contributed by atoms with Crippen molar-refractivity contribution in [2.24, 2.45) is 5.92 Å². The summed E-state index contributed by atoms with van der Waals surface area (Å²) in [7, 11) is 0. The highest BCUT2D eigenvalue weighted by Crippen LogP contribution is 2.39. The molecule has 2 N–H and O–H groups in total. The van der Waals surface area contributed by atoms with E-state index in [2.05, 4.69) is 24.5 Å². The van der Waals surface area contributed by atoms with Crippen LogP contribution in [0.15, 0.2) is 18.2 Å². The Kier molecular flexibility index (Phi) is 6.62. The molecule has 0 bridgehead atoms. The van der Waals surface area contributed by atoms with Crippen molar-refractivity contribution in [3.63, 3.8) is 0 Å². The van der Waals surface area contributed by atoms with Crippen LogP contribution in [0.1, 0.15) is 37.0 Å². The van der Waals surface area contributed by atoms with Gasteiger partial charge in [-0.25, -0.2) is 0 Å². The molecule has 2 aliphatic rings. The molecule has 0 aliphatic carbocycles. The van der Waals surface area contributed by atoms with Gasteiger partial charge in [0, 0.05) is 31.0 Å². The van der Waals surface area contributed by atoms with Gasteiger partial charge in [-0.15, -0.1) is 11.8 Å². The second-order valence-corrected chi connectivity index (χ2v) is 9.78. The number of likely N-dealkylation sites (tertiary alicyclic amines) is 1. The number of carbonyl (C=O) groups is 2. The predicted octanol–water partition coefficient (Wildman–Crippen LogP) is 3.40. The van der Waals surface area contributed by atoms with Crippen molar-refractivity contribution in [1.29, 1.82) is 0 Å². The van der Waals surface area contributed by atoms with Crippen molar-refractivity contribution in [1.82, 2.24) is 15.5 Å². The van der Waals surface area contributed by atoms with Crippen LogP contribution in [0.25, 0.3) is 0 Å². The minimum Gasteiger partial charge on any atom is -0.354 e. The van der Waals surface area contributed by atoms with Gasteiger partial charge in [0.25, 0.3) is 5.91 Å². The molecule has 8 heteroatoms. The average molecular weight is 430 g/mol. The van der Waals surface area contributed by atoms with E-state index >= 15 is 0 Å². The summed E-state index contributed by atoms with van der Waals surface area (Å²) in [4.78, 5) is 26.8. The lowest BCUT2D eigenvalue weighted by Gasteiger charge is -2.39. The Hall–Kier alpha value is -0.950. The standard InChI is InChI=1S/C19H25Cl2N3O2S/c1-12(2)10-22-17(25)16-11-27-19(23-16)5-7-24(8-6-19)18(26)13-3-4-14(20)15(21)9-13/h3-4,9,12,16,23H,5-8,10-11H2,1-2H3,(H,22,25). The van der Waals surface area contributed by atoms with E-state index in [1.165, 1.54) is 0 Å². The molecule has 2 heterocycles. The second kappa shape index (κ2) is 8.60. The Balaban J connectivity index is 1.55. The molecule has 27 heavy (non-hydrogen) atoms. The maximum Gasteiger partial charge on any atom is 0.253 e. The fourth-order valence-corrected chi connectivity index (χ4v) is 5.10. The predicted molar refractivity (Wildman–Crippen MR) is 112 cm³/mol. The van der Waals surface area contributed by atoms with Crippen molar-refractivity contribution in [3.8, 4) is 0 Å². The van der Waals surface area contributed by atoms with Gasteiger partial charge in [0.1, 0.15) is 0 Å². The van der Waals surface area contributed by atoms with Crippen LogP contribution in [-0.2, 0) is 4.79 Å². The molecule has 1 aromatic carbocycles. The maximum absolute atomic E-state index is 12.7. The Labute approximate surface area is 174 Å². The van der Waals surface area contributed by atoms with E-state index in [4.69, 9.17) is 23.2 Å². The van der Waals surface area contributed by atoms with Crippen molar-refractivity contribution >= 4 is 46.8 Å². The molecule has 5 nitrogen and oxygen atoms in total. The lowest BCUT2D eigenvalue weighted by molar-refractivity contribution is -0.122. The summed E-state index contributed by atoms with van der Waals surface area (Å²) >= 11 is 13.8. The molecule has 148 valence electrons. The highest BCUT2D eigenvalue weighted by molar-refractivity contribution is 8.01. The molecule has 3 rings (SSSR count). The number of amides is 2. The van der Waals surface area contributed by atoms with Gasteiger partial charge in [0.05, 0.1) is 21.0 Å². The van der Waals surface area contributed by atoms with Gasteiger partial charge < -0.3 is 10.2 Å². The monoisotopic (exact) mass is 429 g/mol. The summed E-state index contributed by atoms with van der Waals surface area (Å²) in [6.07, 6.45) is 1.64. The molecular formula is C19H25Cl2N3O2S. The van der Waals surface area contributed by atoms with Gasteiger partial charge in [0.15, 0.2) is 0 Å². The smallest absolute Gasteiger partial charge is 0.253 e. The zero-order valence-corrected chi connectivity index (χ0v) is 17.9. The van der Waals surface area contributed by atoms with Crippen LogP contribution in [0.2, 0.25) is 10.0 Å². The topological polar surface area (TPSA) is 61.4 Å². The summed E-state index contributed by atoms with van der Waals surface area (Å²) in [5.74, 6) is 1.25. The molecule has 1 aromatic rings. The lowest BCUT2D eigenvalue weighted by Crippen LogP contribution is -2.54. The maximum atomic E-state index is 12.7. The highest BCUT2D eigenvalue weighted by atomic mass is 35.5. The number of nitrogens with zero attached hydrogens (tertiary/aromatic N) is 1. The van der Waals surface area contributed by atoms with Crippen LogP contribution in [0.5, 0.6) is 0 Å². The van der Waals surface area contributed by atoms with Crippen LogP contribution in [-0.4, -0.2) is 53.0 Å². The van der Waals surface area contributed by atoms with E-state index in [0.29, 0.717) is 41.2 Å². The third kappa shape index (κ3) is 4.91. The zero-order valence-electron chi connectivity index (χ0n) is 15.6. The third-order valence-corrected chi connectivity index (χ3v) is 7.31. The summed E-state index contributed by atoms with van der Waals surface area (Å²) < 4.78 is 0. The van der Waals surface area contributed by atoms with Gasteiger partial charge in [0.2, 0.25) is 5.91 Å². The largest absolute Gasteiger partial charge is 0.354 e. The molecule has 1 spiro atoms. The quantitative estimate of drug-likeness (QED) is 0.769. The number of nitrogens with one attached hydrogen (secondary N) is 2. The molecule has 0 aromatic heterocycles. The molecular weight excluding hydrogens is 405 g/mol. The fourth-order valence-electron chi connectivity index (χ4n) is 3.38. The summed E-state index contributed by atoms with van der Waals surface area (Å²) in [6, 6.07) is 4.82. The number of halogens is 2. The number of rotatable bonds is 4. The molecule has 2 amide bonds. The first kappa shape index (κ1) is 20.8. The molecule has 2 fully saturated rings. The first-order chi connectivity index (χ1) is 12.8. The molecule has 1 atom stereocenters. The van der Waals surface area contributed by atoms with Crippen LogP contribution in [0.4, 0.5) is 0 Å². The molecule has 2 saturated heterocycles. The van der Waals surface area contributed by atoms with E-state index in [9.17, 15) is 9.59 Å². The van der Waals surface area contributed by atoms with E-state index < -0.39 is 0 Å². The Morgan fingerprint density at radius 3 is 2.63 bits per heavy atom. The van der Waals surface area contributed by atoms with E-state index in [1.807, 2.05) is 4.90 Å². The van der Waals surface area contributed by atoms with Gasteiger partial charge in [-0.2, -0.15) is 0 Å². The average Bonchev–Trinajstić information content (AvgIpc) is 3.06. The van der Waals surface area contributed by atoms with E-state index in [0.717, 1.165) is 18.6 Å². The Morgan fingerprint density at radius 2 is 2.00 bits per heavy atom. The number of carbonyl (C=O) groups excluding carboxylic acids is 2. The Morgan fingerprint density at radius 1 is 1.30 bits per heavy atom. The number of hydrogen-bond donors (Lipinski definition) is 2. The summed E-state index contributed by atoms with van der Waals surface area (Å²) in [5, 5.41) is 7.35. The summed E-state index contributed by atoms with van der Waals surface area (Å²) in [6.45, 7) is 6.16. The van der Waals surface area contributed by atoms with Crippen LogP contribution in [0.3, 0.4) is 0 Å². The molecule has 2 aliphatic heterocycles. The minimum absolute atomic E-state index is 0.0300. The van der Waals surface area contributed by atoms with Crippen LogP contribution in [0, 0.1) is 5.92 Å². The molecule has 0 saturated carbocycles. The van der Waals surface area contributed by atoms with Gasteiger partial charge in [-0.1, -0.05) is 37.0 Å². The number of hydrogen-bond acceptors (Lipinski definition) is 4.